The zero-order chi connectivity index (χ0) is 31.6. The third-order valence-corrected chi connectivity index (χ3v) is 11.1. The van der Waals surface area contributed by atoms with Crippen LogP contribution in [0.3, 0.4) is 0 Å². The highest BCUT2D eigenvalue weighted by Gasteiger charge is 2.31. The highest BCUT2D eigenvalue weighted by molar-refractivity contribution is 9.10. The van der Waals surface area contributed by atoms with Crippen molar-refractivity contribution in [2.45, 2.75) is 59.9 Å². The minimum atomic E-state index is -3.22. The Labute approximate surface area is 268 Å². The minimum absolute atomic E-state index is 0.0210. The molecule has 4 heterocycles. The smallest absolute Gasteiger partial charge is 0.213 e. The molecule has 0 radical (unpaired) electrons. The first-order valence-electron chi connectivity index (χ1n) is 15.4. The molecule has 0 spiro atoms. The van der Waals surface area contributed by atoms with Gasteiger partial charge in [0.1, 0.15) is 11.3 Å². The van der Waals surface area contributed by atoms with Crippen LogP contribution in [-0.2, 0) is 10.0 Å². The molecule has 12 heteroatoms. The Bertz CT molecular complexity index is 1740. The van der Waals surface area contributed by atoms with Crippen LogP contribution < -0.4 is 5.32 Å². The third-order valence-electron chi connectivity index (χ3n) is 8.64. The van der Waals surface area contributed by atoms with Gasteiger partial charge in [-0.15, -0.1) is 0 Å². The zero-order valence-corrected chi connectivity index (χ0v) is 28.6. The number of pyridine rings is 1. The number of aryl methyl sites for hydroxylation is 1. The lowest BCUT2D eigenvalue weighted by molar-refractivity contribution is 0.0975. The number of ketones is 1. The van der Waals surface area contributed by atoms with Crippen molar-refractivity contribution in [2.24, 2.45) is 0 Å². The Morgan fingerprint density at radius 2 is 1.89 bits per heavy atom. The SMILES string of the molecule is CCN(CC)CCCC(=O)c1ccc(-n2c(C)cc(-c3nc4ncc(Br)c(NC5CCN(S(=O)(=O)CC)C5)c4[nH]3)c2C)cc1. The predicted octanol–water partition coefficient (Wildman–Crippen LogP) is 5.94. The first-order chi connectivity index (χ1) is 21.1. The molecule has 5 rings (SSSR count). The van der Waals surface area contributed by atoms with Crippen molar-refractivity contribution in [3.63, 3.8) is 0 Å². The van der Waals surface area contributed by atoms with E-state index in [9.17, 15) is 13.2 Å². The third kappa shape index (κ3) is 6.63. The van der Waals surface area contributed by atoms with E-state index in [1.54, 1.807) is 17.4 Å². The van der Waals surface area contributed by atoms with E-state index in [1.807, 2.05) is 24.3 Å². The second-order valence-electron chi connectivity index (χ2n) is 11.4. The lowest BCUT2D eigenvalue weighted by Gasteiger charge is -2.17. The van der Waals surface area contributed by atoms with Crippen LogP contribution >= 0.6 is 15.9 Å². The number of halogens is 1. The Morgan fingerprint density at radius 1 is 1.16 bits per heavy atom. The van der Waals surface area contributed by atoms with Gasteiger partial charge in [-0.2, -0.15) is 4.31 Å². The number of Topliss-reactive ketones (excluding diaryl/α,β-unsaturated/α-hetero) is 1. The Hall–Kier alpha value is -3.06. The lowest BCUT2D eigenvalue weighted by atomic mass is 10.1. The monoisotopic (exact) mass is 683 g/mol. The van der Waals surface area contributed by atoms with E-state index in [1.165, 1.54) is 0 Å². The van der Waals surface area contributed by atoms with Crippen molar-refractivity contribution in [2.75, 3.05) is 43.8 Å². The van der Waals surface area contributed by atoms with Crippen LogP contribution in [0.5, 0.6) is 0 Å². The molecule has 1 aliphatic heterocycles. The zero-order valence-electron chi connectivity index (χ0n) is 26.2. The average Bonchev–Trinajstić information content (AvgIpc) is 3.74. The topological polar surface area (TPSA) is 116 Å². The fourth-order valence-electron chi connectivity index (χ4n) is 6.03. The van der Waals surface area contributed by atoms with Crippen LogP contribution in [0.25, 0.3) is 28.2 Å². The Balaban J connectivity index is 1.36. The molecule has 0 saturated carbocycles. The largest absolute Gasteiger partial charge is 0.378 e. The molecule has 1 atom stereocenters. The number of imidazole rings is 1. The summed E-state index contributed by atoms with van der Waals surface area (Å²) >= 11 is 3.63. The summed E-state index contributed by atoms with van der Waals surface area (Å²) in [6, 6.07) is 9.93. The number of nitrogens with zero attached hydrogens (tertiary/aromatic N) is 5. The molecule has 2 N–H and O–H groups in total. The van der Waals surface area contributed by atoms with Crippen LogP contribution in [0, 0.1) is 13.8 Å². The average molecular weight is 685 g/mol. The summed E-state index contributed by atoms with van der Waals surface area (Å²) in [6.07, 6.45) is 3.85. The number of aromatic amines is 1. The Morgan fingerprint density at radius 3 is 2.57 bits per heavy atom. The van der Waals surface area contributed by atoms with Gasteiger partial charge in [0.15, 0.2) is 11.4 Å². The number of hydrogen-bond donors (Lipinski definition) is 2. The van der Waals surface area contributed by atoms with Crippen LogP contribution in [0.15, 0.2) is 41.0 Å². The number of nitrogens with one attached hydrogen (secondary N) is 2. The molecule has 44 heavy (non-hydrogen) atoms. The van der Waals surface area contributed by atoms with Gasteiger partial charge >= 0.3 is 0 Å². The van der Waals surface area contributed by atoms with Crippen molar-refractivity contribution >= 4 is 48.6 Å². The summed E-state index contributed by atoms with van der Waals surface area (Å²) in [6.45, 7) is 14.0. The molecule has 0 bridgehead atoms. The maximum atomic E-state index is 12.8. The van der Waals surface area contributed by atoms with Crippen molar-refractivity contribution in [3.8, 4) is 17.1 Å². The second-order valence-corrected chi connectivity index (χ2v) is 14.5. The molecule has 4 aromatic rings. The number of H-pyrrole nitrogens is 1. The number of carbonyl (C=O) groups is 1. The molecule has 10 nitrogen and oxygen atoms in total. The van der Waals surface area contributed by atoms with Gasteiger partial charge in [-0.3, -0.25) is 4.79 Å². The van der Waals surface area contributed by atoms with Crippen LogP contribution in [-0.4, -0.2) is 87.4 Å². The number of benzene rings is 1. The summed E-state index contributed by atoms with van der Waals surface area (Å²) < 4.78 is 29.2. The van der Waals surface area contributed by atoms with E-state index in [4.69, 9.17) is 4.98 Å². The maximum absolute atomic E-state index is 12.8. The van der Waals surface area contributed by atoms with Gasteiger partial charge in [0.2, 0.25) is 10.0 Å². The fraction of sp³-hybridized carbons (Fsp3) is 0.469. The number of aromatic nitrogens is 4. The highest BCUT2D eigenvalue weighted by Crippen LogP contribution is 2.34. The molecule has 0 aliphatic carbocycles. The van der Waals surface area contributed by atoms with Gasteiger partial charge in [0, 0.05) is 60.0 Å². The number of sulfonamides is 1. The molecule has 1 fully saturated rings. The molecule has 0 amide bonds. The van der Waals surface area contributed by atoms with Gasteiger partial charge in [-0.25, -0.2) is 18.4 Å². The van der Waals surface area contributed by atoms with E-state index < -0.39 is 10.0 Å². The van der Waals surface area contributed by atoms with Gasteiger partial charge in [0.05, 0.1) is 15.9 Å². The summed E-state index contributed by atoms with van der Waals surface area (Å²) in [7, 11) is -3.22. The van der Waals surface area contributed by atoms with Crippen LogP contribution in [0.2, 0.25) is 0 Å². The molecule has 1 aromatic carbocycles. The quantitative estimate of drug-likeness (QED) is 0.168. The van der Waals surface area contributed by atoms with E-state index in [-0.39, 0.29) is 17.6 Å². The van der Waals surface area contributed by atoms with Crippen molar-refractivity contribution in [1.29, 1.82) is 0 Å². The number of anilines is 1. The first-order valence-corrected chi connectivity index (χ1v) is 17.8. The molecule has 3 aromatic heterocycles. The fourth-order valence-corrected chi connectivity index (χ4v) is 7.60. The normalized spacial score (nSPS) is 15.9. The van der Waals surface area contributed by atoms with E-state index >= 15 is 0 Å². The van der Waals surface area contributed by atoms with Crippen molar-refractivity contribution in [1.82, 2.24) is 28.7 Å². The summed E-state index contributed by atoms with van der Waals surface area (Å²) in [5.41, 5.74) is 6.91. The van der Waals surface area contributed by atoms with E-state index in [2.05, 4.69) is 74.4 Å². The minimum Gasteiger partial charge on any atom is -0.378 e. The number of carbonyl (C=O) groups excluding carboxylic acids is 1. The summed E-state index contributed by atoms with van der Waals surface area (Å²) in [4.78, 5) is 28.0. The molecule has 1 saturated heterocycles. The van der Waals surface area contributed by atoms with E-state index in [0.717, 1.165) is 76.4 Å². The van der Waals surface area contributed by atoms with Crippen molar-refractivity contribution in [3.05, 3.63) is 58.0 Å². The molecule has 1 unspecified atom stereocenters. The Kier molecular flexibility index (Phi) is 9.93. The molecular formula is C32H42BrN7O3S. The maximum Gasteiger partial charge on any atom is 0.213 e. The molecular weight excluding hydrogens is 642 g/mol. The second kappa shape index (κ2) is 13.5. The predicted molar refractivity (Wildman–Crippen MR) is 180 cm³/mol. The van der Waals surface area contributed by atoms with Gasteiger partial charge in [-0.1, -0.05) is 13.8 Å². The number of hydrogen-bond acceptors (Lipinski definition) is 7. The standard InChI is InChI=1S/C32H42BrN7O3S/c1-6-38(7-2)16-9-10-28(41)23-11-13-25(14-12-23)40-21(4)18-26(22(40)5)31-36-30-29(27(33)19-34-32(30)37-31)35-24-15-17-39(20-24)44(42,43)8-3/h11-14,18-19,24H,6-10,15-17,20H2,1-5H3,(H2,34,35,36,37). The van der Waals surface area contributed by atoms with Crippen LogP contribution in [0.1, 0.15) is 61.8 Å². The first kappa shape index (κ1) is 32.3. The number of rotatable bonds is 13. The summed E-state index contributed by atoms with van der Waals surface area (Å²) in [5, 5.41) is 3.54. The van der Waals surface area contributed by atoms with Gasteiger partial charge in [-0.05, 0) is 99.5 Å². The van der Waals surface area contributed by atoms with Gasteiger partial charge < -0.3 is 19.8 Å². The highest BCUT2D eigenvalue weighted by atomic mass is 79.9. The number of fused-ring (bicyclic) bond motifs is 1. The van der Waals surface area contributed by atoms with E-state index in [0.29, 0.717) is 31.0 Å². The molecule has 236 valence electrons. The van der Waals surface area contributed by atoms with Gasteiger partial charge in [0.25, 0.3) is 0 Å². The van der Waals surface area contributed by atoms with Crippen molar-refractivity contribution < 1.29 is 13.2 Å². The van der Waals surface area contributed by atoms with Crippen LogP contribution in [0.4, 0.5) is 5.69 Å². The lowest BCUT2D eigenvalue weighted by Crippen LogP contribution is -2.32. The summed E-state index contributed by atoms with van der Waals surface area (Å²) in [5.74, 6) is 0.979. The molecule has 1 aliphatic rings.